The third-order valence-corrected chi connectivity index (χ3v) is 1.56. The summed E-state index contributed by atoms with van der Waals surface area (Å²) in [6.45, 7) is 9.03. The van der Waals surface area contributed by atoms with E-state index in [1.807, 2.05) is 0 Å². The van der Waals surface area contributed by atoms with E-state index in [0.29, 0.717) is 0 Å². The van der Waals surface area contributed by atoms with Crippen molar-refractivity contribution in [1.82, 2.24) is 10.6 Å². The Morgan fingerprint density at radius 2 is 1.18 bits per heavy atom. The molecule has 0 unspecified atom stereocenters. The minimum atomic E-state index is 1.16. The predicted molar refractivity (Wildman–Crippen MR) is 50.9 cm³/mol. The summed E-state index contributed by atoms with van der Waals surface area (Å²) in [5.74, 6) is 0. The van der Waals surface area contributed by atoms with Gasteiger partial charge in [-0.25, -0.2) is 0 Å². The van der Waals surface area contributed by atoms with Crippen molar-refractivity contribution in [3.63, 3.8) is 0 Å². The van der Waals surface area contributed by atoms with Gasteiger partial charge in [0, 0.05) is 0 Å². The third kappa shape index (κ3) is 9.92. The summed E-state index contributed by atoms with van der Waals surface area (Å²) in [6, 6.07) is 0. The van der Waals surface area contributed by atoms with Crippen LogP contribution in [0.4, 0.5) is 0 Å². The molecule has 0 spiro atoms. The second-order valence-corrected chi connectivity index (χ2v) is 2.85. The van der Waals surface area contributed by atoms with Gasteiger partial charge in [-0.3, -0.25) is 0 Å². The summed E-state index contributed by atoms with van der Waals surface area (Å²) >= 11 is 0. The quantitative estimate of drug-likeness (QED) is 0.521. The summed E-state index contributed by atoms with van der Waals surface area (Å²) in [7, 11) is 0. The van der Waals surface area contributed by atoms with E-state index in [1.165, 1.54) is 19.3 Å². The van der Waals surface area contributed by atoms with Crippen LogP contribution in [-0.4, -0.2) is 26.2 Å². The summed E-state index contributed by atoms with van der Waals surface area (Å²) in [5.41, 5.74) is 0. The van der Waals surface area contributed by atoms with Crippen molar-refractivity contribution in [2.45, 2.75) is 33.1 Å². The highest BCUT2D eigenvalue weighted by molar-refractivity contribution is 4.50. The van der Waals surface area contributed by atoms with Crippen molar-refractivity contribution < 1.29 is 0 Å². The highest BCUT2D eigenvalue weighted by Crippen LogP contribution is 1.76. The van der Waals surface area contributed by atoms with Crippen LogP contribution in [0.15, 0.2) is 0 Å². The normalized spacial score (nSPS) is 10.4. The summed E-state index contributed by atoms with van der Waals surface area (Å²) in [6.07, 6.45) is 3.73. The number of rotatable bonds is 8. The van der Waals surface area contributed by atoms with E-state index in [2.05, 4.69) is 24.5 Å². The van der Waals surface area contributed by atoms with Crippen molar-refractivity contribution >= 4 is 0 Å². The van der Waals surface area contributed by atoms with Crippen LogP contribution in [-0.2, 0) is 0 Å². The van der Waals surface area contributed by atoms with Crippen LogP contribution in [0.3, 0.4) is 0 Å². The molecule has 0 aliphatic carbocycles. The first-order valence-electron chi connectivity index (χ1n) is 4.83. The molecule has 11 heavy (non-hydrogen) atoms. The van der Waals surface area contributed by atoms with Crippen LogP contribution in [0.5, 0.6) is 0 Å². The van der Waals surface area contributed by atoms with Crippen molar-refractivity contribution in [1.29, 1.82) is 0 Å². The van der Waals surface area contributed by atoms with Gasteiger partial charge in [-0.2, -0.15) is 0 Å². The maximum absolute atomic E-state index is 3.37. The van der Waals surface area contributed by atoms with Crippen molar-refractivity contribution in [2.75, 3.05) is 26.2 Å². The van der Waals surface area contributed by atoms with Crippen molar-refractivity contribution in [2.24, 2.45) is 0 Å². The molecule has 0 aromatic carbocycles. The molecule has 0 saturated heterocycles. The lowest BCUT2D eigenvalue weighted by Gasteiger charge is -2.03. The highest BCUT2D eigenvalue weighted by atomic mass is 14.9. The van der Waals surface area contributed by atoms with Gasteiger partial charge in [0.15, 0.2) is 0 Å². The fourth-order valence-electron chi connectivity index (χ4n) is 0.942. The van der Waals surface area contributed by atoms with Crippen LogP contribution in [0, 0.1) is 0 Å². The van der Waals surface area contributed by atoms with Gasteiger partial charge in [0.1, 0.15) is 0 Å². The molecule has 0 heterocycles. The van der Waals surface area contributed by atoms with Gasteiger partial charge in [0.05, 0.1) is 0 Å². The molecule has 2 nitrogen and oxygen atoms in total. The first-order chi connectivity index (χ1) is 5.41. The van der Waals surface area contributed by atoms with Crippen LogP contribution in [0.1, 0.15) is 33.1 Å². The maximum Gasteiger partial charge on any atom is -0.00368 e. The smallest absolute Gasteiger partial charge is 0.00368 e. The van der Waals surface area contributed by atoms with E-state index in [0.717, 1.165) is 26.2 Å². The molecule has 0 atom stereocenters. The van der Waals surface area contributed by atoms with E-state index in [1.54, 1.807) is 0 Å². The Morgan fingerprint density at radius 1 is 0.727 bits per heavy atom. The molecule has 68 valence electrons. The molecule has 2 heteroatoms. The largest absolute Gasteiger partial charge is 0.317 e. The monoisotopic (exact) mass is 158 g/mol. The predicted octanol–water partition coefficient (Wildman–Crippen LogP) is 1.38. The SMILES string of the molecule is CCCNCCCNCCC. The average molecular weight is 158 g/mol. The van der Waals surface area contributed by atoms with E-state index < -0.39 is 0 Å². The summed E-state index contributed by atoms with van der Waals surface area (Å²) in [5, 5.41) is 6.74. The fraction of sp³-hybridized carbons (Fsp3) is 1.00. The molecule has 0 fully saturated rings. The Balaban J connectivity index is 2.69. The zero-order valence-corrected chi connectivity index (χ0v) is 7.95. The minimum Gasteiger partial charge on any atom is -0.317 e. The summed E-state index contributed by atoms with van der Waals surface area (Å²) in [4.78, 5) is 0. The number of hydrogen-bond donors (Lipinski definition) is 2. The molecule has 0 aromatic rings. The van der Waals surface area contributed by atoms with Crippen LogP contribution >= 0.6 is 0 Å². The maximum atomic E-state index is 3.37. The molecule has 0 amide bonds. The second-order valence-electron chi connectivity index (χ2n) is 2.85. The molecule has 0 aromatic heterocycles. The van der Waals surface area contributed by atoms with Gasteiger partial charge < -0.3 is 10.6 Å². The standard InChI is InChI=1S/C9H22N2/c1-3-6-10-8-5-9-11-7-4-2/h10-11H,3-9H2,1-2H3. The molecule has 0 radical (unpaired) electrons. The first kappa shape index (κ1) is 10.9. The Morgan fingerprint density at radius 3 is 1.55 bits per heavy atom. The van der Waals surface area contributed by atoms with Gasteiger partial charge in [-0.15, -0.1) is 0 Å². The van der Waals surface area contributed by atoms with Gasteiger partial charge in [0.2, 0.25) is 0 Å². The van der Waals surface area contributed by atoms with Crippen LogP contribution in [0.2, 0.25) is 0 Å². The van der Waals surface area contributed by atoms with Gasteiger partial charge in [-0.05, 0) is 45.4 Å². The lowest BCUT2D eigenvalue weighted by atomic mass is 10.4. The topological polar surface area (TPSA) is 24.1 Å². The van der Waals surface area contributed by atoms with Gasteiger partial charge >= 0.3 is 0 Å². The van der Waals surface area contributed by atoms with Crippen molar-refractivity contribution in [3.05, 3.63) is 0 Å². The van der Waals surface area contributed by atoms with Gasteiger partial charge in [0.25, 0.3) is 0 Å². The Bertz CT molecular complexity index is 56.6. The van der Waals surface area contributed by atoms with E-state index in [9.17, 15) is 0 Å². The molecule has 0 aliphatic heterocycles. The number of hydrogen-bond acceptors (Lipinski definition) is 2. The minimum absolute atomic E-state index is 1.16. The lowest BCUT2D eigenvalue weighted by Crippen LogP contribution is -2.22. The lowest BCUT2D eigenvalue weighted by molar-refractivity contribution is 0.589. The zero-order chi connectivity index (χ0) is 8.36. The Kier molecular flexibility index (Phi) is 9.85. The molecule has 0 aliphatic rings. The fourth-order valence-corrected chi connectivity index (χ4v) is 0.942. The second kappa shape index (κ2) is 9.92. The Hall–Kier alpha value is -0.0800. The van der Waals surface area contributed by atoms with Crippen molar-refractivity contribution in [3.8, 4) is 0 Å². The third-order valence-electron chi connectivity index (χ3n) is 1.56. The van der Waals surface area contributed by atoms with Crippen LogP contribution < -0.4 is 10.6 Å². The highest BCUT2D eigenvalue weighted by Gasteiger charge is 1.85. The van der Waals surface area contributed by atoms with E-state index in [-0.39, 0.29) is 0 Å². The molecule has 0 rings (SSSR count). The molecular weight excluding hydrogens is 136 g/mol. The zero-order valence-electron chi connectivity index (χ0n) is 7.95. The first-order valence-corrected chi connectivity index (χ1v) is 4.83. The van der Waals surface area contributed by atoms with Gasteiger partial charge in [-0.1, -0.05) is 13.8 Å². The van der Waals surface area contributed by atoms with Crippen LogP contribution in [0.25, 0.3) is 0 Å². The number of nitrogens with one attached hydrogen (secondary N) is 2. The molecule has 2 N–H and O–H groups in total. The molecule has 0 bridgehead atoms. The van der Waals surface area contributed by atoms with E-state index >= 15 is 0 Å². The van der Waals surface area contributed by atoms with E-state index in [4.69, 9.17) is 0 Å². The summed E-state index contributed by atoms with van der Waals surface area (Å²) < 4.78 is 0. The Labute approximate surface area is 70.8 Å². The molecule has 0 saturated carbocycles. The average Bonchev–Trinajstić information content (AvgIpc) is 2.03. The molecular formula is C9H22N2.